The smallest absolute Gasteiger partial charge is 0.246 e. The molecular weight excluding hydrogens is 529 g/mol. The molecule has 2 saturated heterocycles. The van der Waals surface area contributed by atoms with Crippen molar-refractivity contribution in [2.75, 3.05) is 26.4 Å². The molecule has 3 heterocycles. The highest BCUT2D eigenvalue weighted by Crippen LogP contribution is 2.43. The van der Waals surface area contributed by atoms with Gasteiger partial charge in [-0.3, -0.25) is 9.59 Å². The Morgan fingerprint density at radius 3 is 2.45 bits per heavy atom. The molecule has 0 spiro atoms. The molecule has 2 aliphatic heterocycles. The third kappa shape index (κ3) is 5.63. The monoisotopic (exact) mass is 565 g/mol. The molecule has 2 amide bonds. The number of carbonyl (C=O) groups is 2. The van der Waals surface area contributed by atoms with Gasteiger partial charge in [-0.05, 0) is 50.1 Å². The second kappa shape index (κ2) is 10.6. The quantitative estimate of drug-likeness (QED) is 0.534. The van der Waals surface area contributed by atoms with Crippen molar-refractivity contribution in [3.05, 3.63) is 41.2 Å². The van der Waals surface area contributed by atoms with E-state index in [0.717, 1.165) is 5.56 Å². The third-order valence-corrected chi connectivity index (χ3v) is 9.69. The topological polar surface area (TPSA) is 112 Å². The highest BCUT2D eigenvalue weighted by atomic mass is 32.2. The number of sulfonamides is 1. The van der Waals surface area contributed by atoms with Gasteiger partial charge in [0, 0.05) is 36.0 Å². The number of amides is 2. The first-order chi connectivity index (χ1) is 17.7. The number of hydrogen-bond acceptors (Lipinski definition) is 7. The summed E-state index contributed by atoms with van der Waals surface area (Å²) in [5.41, 5.74) is 0.903. The van der Waals surface area contributed by atoms with Crippen molar-refractivity contribution in [2.24, 2.45) is 5.41 Å². The maximum absolute atomic E-state index is 14.0. The third-order valence-electron chi connectivity index (χ3n) is 7.51. The lowest BCUT2D eigenvalue weighted by Crippen LogP contribution is -2.59. The minimum Gasteiger partial charge on any atom is -0.342 e. The lowest BCUT2D eigenvalue weighted by molar-refractivity contribution is -0.140. The number of likely N-dealkylation sites (N-methyl/N-ethyl adjacent to an activating group) is 1. The van der Waals surface area contributed by atoms with E-state index in [2.05, 4.69) is 10.6 Å². The summed E-state index contributed by atoms with van der Waals surface area (Å²) in [4.78, 5) is 33.3. The van der Waals surface area contributed by atoms with Crippen LogP contribution in [0.4, 0.5) is 4.39 Å². The van der Waals surface area contributed by atoms with Crippen LogP contribution in [0.3, 0.4) is 0 Å². The molecule has 208 valence electrons. The molecule has 0 saturated carbocycles. The van der Waals surface area contributed by atoms with Crippen LogP contribution < -0.4 is 10.6 Å². The zero-order chi connectivity index (χ0) is 28.0. The van der Waals surface area contributed by atoms with Gasteiger partial charge in [0.15, 0.2) is 0 Å². The fourth-order valence-electron chi connectivity index (χ4n) is 5.34. The van der Waals surface area contributed by atoms with Crippen LogP contribution >= 0.6 is 11.3 Å². The number of rotatable bonds is 7. The van der Waals surface area contributed by atoms with Gasteiger partial charge in [-0.2, -0.15) is 4.31 Å². The molecule has 2 aromatic rings. The number of carbonyl (C=O) groups excluding carboxylic acids is 2. The Morgan fingerprint density at radius 2 is 1.87 bits per heavy atom. The Hall–Kier alpha value is -2.41. The molecule has 12 heteroatoms. The van der Waals surface area contributed by atoms with Crippen molar-refractivity contribution >= 4 is 33.2 Å². The minimum atomic E-state index is -3.53. The van der Waals surface area contributed by atoms with Crippen molar-refractivity contribution in [3.63, 3.8) is 0 Å². The summed E-state index contributed by atoms with van der Waals surface area (Å²) < 4.78 is 40.4. The zero-order valence-electron chi connectivity index (χ0n) is 22.6. The molecule has 2 N–H and O–H groups in total. The summed E-state index contributed by atoms with van der Waals surface area (Å²) in [6.07, 6.45) is 1.70. The molecule has 4 rings (SSSR count). The van der Waals surface area contributed by atoms with Crippen molar-refractivity contribution in [2.45, 2.75) is 64.2 Å². The first-order valence-corrected chi connectivity index (χ1v) is 15.4. The molecule has 0 aliphatic carbocycles. The Bertz CT molecular complexity index is 1290. The van der Waals surface area contributed by atoms with Crippen LogP contribution in [0.15, 0.2) is 29.6 Å². The Morgan fingerprint density at radius 1 is 1.21 bits per heavy atom. The van der Waals surface area contributed by atoms with E-state index in [4.69, 9.17) is 4.98 Å². The summed E-state index contributed by atoms with van der Waals surface area (Å²) >= 11 is 1.40. The summed E-state index contributed by atoms with van der Waals surface area (Å²) in [7, 11) is -1.85. The summed E-state index contributed by atoms with van der Waals surface area (Å²) in [6, 6.07) is 4.02. The molecule has 1 aromatic heterocycles. The Kier molecular flexibility index (Phi) is 8.00. The van der Waals surface area contributed by atoms with Gasteiger partial charge in [0.2, 0.25) is 21.8 Å². The van der Waals surface area contributed by atoms with E-state index in [1.54, 1.807) is 31.0 Å². The standard InChI is InChI=1S/C26H36FN5O4S2/c1-15(28-5)23(33)30-22(26(2,3)4)25(34)31-12-11-20-21(31)18(13-32(20)38(6,35)36)19-14-37-24(29-19)16-7-9-17(27)10-8-16/h7-10,14-15,18,20-22,28H,11-13H2,1-6H3,(H,30,33). The number of likely N-dealkylation sites (tertiary alicyclic amines) is 1. The Balaban J connectivity index is 1.68. The molecule has 0 bridgehead atoms. The second-order valence-electron chi connectivity index (χ2n) is 11.2. The molecule has 1 aromatic carbocycles. The lowest BCUT2D eigenvalue weighted by atomic mass is 9.85. The highest BCUT2D eigenvalue weighted by Gasteiger charge is 2.55. The van der Waals surface area contributed by atoms with Crippen molar-refractivity contribution in [1.29, 1.82) is 0 Å². The lowest BCUT2D eigenvalue weighted by Gasteiger charge is -2.37. The van der Waals surface area contributed by atoms with Crippen LogP contribution in [-0.4, -0.2) is 85.0 Å². The predicted octanol–water partition coefficient (Wildman–Crippen LogP) is 2.42. The number of benzene rings is 1. The minimum absolute atomic E-state index is 0.216. The maximum atomic E-state index is 14.0. The molecular formula is C26H36FN5O4S2. The molecule has 38 heavy (non-hydrogen) atoms. The van der Waals surface area contributed by atoms with Crippen molar-refractivity contribution < 1.29 is 22.4 Å². The summed E-state index contributed by atoms with van der Waals surface area (Å²) in [5, 5.41) is 8.41. The first kappa shape index (κ1) is 28.6. The van der Waals surface area contributed by atoms with Crippen molar-refractivity contribution in [3.8, 4) is 10.6 Å². The van der Waals surface area contributed by atoms with Gasteiger partial charge in [-0.25, -0.2) is 17.8 Å². The fraction of sp³-hybridized carbons (Fsp3) is 0.577. The number of thiazole rings is 1. The van der Waals surface area contributed by atoms with E-state index in [1.165, 1.54) is 34.0 Å². The van der Waals surface area contributed by atoms with E-state index in [0.29, 0.717) is 23.7 Å². The largest absolute Gasteiger partial charge is 0.342 e. The van der Waals surface area contributed by atoms with Gasteiger partial charge in [0.05, 0.1) is 24.0 Å². The first-order valence-electron chi connectivity index (χ1n) is 12.7. The van der Waals surface area contributed by atoms with Crippen LogP contribution in [0, 0.1) is 11.2 Å². The molecule has 9 nitrogen and oxygen atoms in total. The van der Waals surface area contributed by atoms with Gasteiger partial charge in [0.1, 0.15) is 16.9 Å². The molecule has 5 atom stereocenters. The molecule has 2 fully saturated rings. The summed E-state index contributed by atoms with van der Waals surface area (Å²) in [6.45, 7) is 8.03. The second-order valence-corrected chi connectivity index (χ2v) is 14.0. The molecule has 0 radical (unpaired) electrons. The van der Waals surface area contributed by atoms with Crippen LogP contribution in [0.25, 0.3) is 10.6 Å². The number of fused-ring (bicyclic) bond motifs is 1. The van der Waals surface area contributed by atoms with Gasteiger partial charge in [-0.1, -0.05) is 20.8 Å². The van der Waals surface area contributed by atoms with Gasteiger partial charge in [-0.15, -0.1) is 11.3 Å². The molecule has 5 unspecified atom stereocenters. The van der Waals surface area contributed by atoms with E-state index in [9.17, 15) is 22.4 Å². The highest BCUT2D eigenvalue weighted by molar-refractivity contribution is 7.88. The van der Waals surface area contributed by atoms with E-state index >= 15 is 0 Å². The number of nitrogens with zero attached hydrogens (tertiary/aromatic N) is 3. The zero-order valence-corrected chi connectivity index (χ0v) is 24.2. The van der Waals surface area contributed by atoms with E-state index in [1.807, 2.05) is 26.2 Å². The van der Waals surface area contributed by atoms with E-state index in [-0.39, 0.29) is 36.1 Å². The van der Waals surface area contributed by atoms with Gasteiger partial charge >= 0.3 is 0 Å². The van der Waals surface area contributed by atoms with Crippen LogP contribution in [0.1, 0.15) is 45.7 Å². The number of halogens is 1. The number of aromatic nitrogens is 1. The fourth-order valence-corrected chi connectivity index (χ4v) is 7.38. The van der Waals surface area contributed by atoms with E-state index < -0.39 is 33.6 Å². The summed E-state index contributed by atoms with van der Waals surface area (Å²) in [5.74, 6) is -1.17. The SMILES string of the molecule is CNC(C)C(=O)NC(C(=O)N1CCC2C1C(c1csc(-c3ccc(F)cc3)n1)CN2S(C)(=O)=O)C(C)(C)C. The van der Waals surface area contributed by atoms with Gasteiger partial charge in [0.25, 0.3) is 0 Å². The normalized spacial score (nSPS) is 23.8. The maximum Gasteiger partial charge on any atom is 0.246 e. The van der Waals surface area contributed by atoms with Crippen LogP contribution in [-0.2, 0) is 19.6 Å². The average molecular weight is 566 g/mol. The van der Waals surface area contributed by atoms with Crippen molar-refractivity contribution in [1.82, 2.24) is 24.8 Å². The Labute approximate surface area is 227 Å². The number of hydrogen-bond donors (Lipinski definition) is 2. The average Bonchev–Trinajstić information content (AvgIpc) is 3.56. The van der Waals surface area contributed by atoms with Gasteiger partial charge < -0.3 is 15.5 Å². The molecule has 2 aliphatic rings. The van der Waals surface area contributed by atoms with Crippen LogP contribution in [0.2, 0.25) is 0 Å². The van der Waals surface area contributed by atoms with Crippen LogP contribution in [0.5, 0.6) is 0 Å². The predicted molar refractivity (Wildman–Crippen MR) is 146 cm³/mol. The number of nitrogens with one attached hydrogen (secondary N) is 2.